The van der Waals surface area contributed by atoms with E-state index in [9.17, 15) is 0 Å². The largest absolute Gasteiger partial charge is 0.309 e. The summed E-state index contributed by atoms with van der Waals surface area (Å²) in [5.41, 5.74) is 23.8. The standard InChI is InChI=1S/C54H36N4.2C42H25NS/c1-54(2)47-24-14-13-23-42(47)44-31-46-45-29-35(53-56-51(33-15-5-3-6-16-33)55-52(57-53)34-17-7-4-8-18-34)25-28-49(45)58(50(46)32-48(44)54)36-26-27-41-39-21-10-9-19-37(39)38-20-11-12-22-40(38)43(41)30-36;1-2-10-26(11-3-1)27-18-22-38-37(24-27)34-21-23-40-41(35-16-8-9-17-39(35)44-40)42(34)43(38)28-19-20-33-31-14-5-4-12-29(31)30-13-6-7-15-32(30)36(33)25-28;1-2-10-26(11-3-1)27-18-21-39-36(22-27)37-24-38-34-16-8-9-17-41(34)44-42(38)25-40(37)43(39)28-19-20-33-31-14-5-4-12-29(31)30-13-6-7-15-32(30)35(33)23-28/h3-32H,1-2H3;2*1-25H. The van der Waals surface area contributed by atoms with Crippen molar-refractivity contribution in [3.63, 3.8) is 0 Å². The van der Waals surface area contributed by atoms with Crippen LogP contribution < -0.4 is 0 Å². The first kappa shape index (κ1) is 83.5. The molecule has 0 bridgehead atoms. The molecule has 1 aliphatic rings. The molecule has 6 heterocycles. The fourth-order valence-corrected chi connectivity index (χ4v) is 26.6. The highest BCUT2D eigenvalue weighted by Gasteiger charge is 2.37. The molecule has 31 aromatic rings. The number of aromatic nitrogens is 6. The highest BCUT2D eigenvalue weighted by atomic mass is 32.1. The zero-order valence-corrected chi connectivity index (χ0v) is 81.3. The molecule has 6 nitrogen and oxygen atoms in total. The number of benzene rings is 25. The van der Waals surface area contributed by atoms with Crippen molar-refractivity contribution in [1.29, 1.82) is 0 Å². The van der Waals surface area contributed by atoms with Gasteiger partial charge in [-0.25, -0.2) is 15.0 Å². The lowest BCUT2D eigenvalue weighted by atomic mass is 9.82. The molecule has 0 fully saturated rings. The van der Waals surface area contributed by atoms with Gasteiger partial charge in [0.25, 0.3) is 0 Å². The van der Waals surface area contributed by atoms with E-state index in [1.807, 2.05) is 59.1 Å². The van der Waals surface area contributed by atoms with Crippen LogP contribution in [0.3, 0.4) is 0 Å². The summed E-state index contributed by atoms with van der Waals surface area (Å²) in [5.74, 6) is 1.95. The van der Waals surface area contributed by atoms with E-state index in [4.69, 9.17) is 15.0 Å². The van der Waals surface area contributed by atoms with Crippen molar-refractivity contribution in [2.45, 2.75) is 19.3 Å². The minimum Gasteiger partial charge on any atom is -0.309 e. The van der Waals surface area contributed by atoms with Gasteiger partial charge in [0.05, 0.1) is 33.1 Å². The van der Waals surface area contributed by atoms with Gasteiger partial charge in [0, 0.05) is 112 Å². The Labute approximate surface area is 847 Å². The average molecular weight is 1890 g/mol. The quantitative estimate of drug-likeness (QED) is 0.143. The lowest BCUT2D eigenvalue weighted by Crippen LogP contribution is -2.14. The number of hydrogen-bond acceptors (Lipinski definition) is 5. The van der Waals surface area contributed by atoms with Crippen LogP contribution in [0.1, 0.15) is 25.0 Å². The van der Waals surface area contributed by atoms with Crippen LogP contribution in [-0.2, 0) is 5.41 Å². The molecule has 0 radical (unpaired) electrons. The first-order valence-electron chi connectivity index (χ1n) is 50.2. The molecule has 0 saturated carbocycles. The summed E-state index contributed by atoms with van der Waals surface area (Å²) in [6.07, 6.45) is 0. The van der Waals surface area contributed by atoms with Crippen LogP contribution in [0.2, 0.25) is 0 Å². The lowest BCUT2D eigenvalue weighted by Gasteiger charge is -2.21. The Morgan fingerprint density at radius 2 is 0.493 bits per heavy atom. The molecule has 8 heteroatoms. The molecule has 32 rings (SSSR count). The Morgan fingerprint density at radius 1 is 0.171 bits per heavy atom. The smallest absolute Gasteiger partial charge is 0.164 e. The molecule has 680 valence electrons. The SMILES string of the molecule is CC1(C)c2ccccc2-c2cc3c4cc(-c5nc(-c6ccccc6)nc(-c6ccccc6)n5)ccc4n(-c4ccc5c6ccccc6c6ccccc6c5c4)c3cc21.c1ccc(-c2ccc3c(c2)c2cc4c(cc2n3-c2ccc3c5ccccc5c5ccccc5c3c2)sc2ccccc24)cc1.c1ccc(-c2ccc3c(c2)c2ccc4sc5ccccc5c4c2n3-c2ccc3c4ccccc4c4ccccc4c3c2)cc1. The summed E-state index contributed by atoms with van der Waals surface area (Å²) in [6, 6.07) is 177. The van der Waals surface area contributed by atoms with E-state index in [2.05, 4.69) is 476 Å². The Bertz CT molecular complexity index is 10700. The molecule has 6 aromatic heterocycles. The summed E-state index contributed by atoms with van der Waals surface area (Å²) < 4.78 is 12.8. The normalized spacial score (nSPS) is 12.5. The van der Waals surface area contributed by atoms with Gasteiger partial charge in [-0.2, -0.15) is 0 Å². The first-order valence-corrected chi connectivity index (χ1v) is 51.8. The van der Waals surface area contributed by atoms with Gasteiger partial charge in [0.2, 0.25) is 0 Å². The third-order valence-electron chi connectivity index (χ3n) is 31.1. The molecule has 0 aliphatic heterocycles. The third-order valence-corrected chi connectivity index (χ3v) is 33.4. The monoisotopic (exact) mass is 1890 g/mol. The Hall–Kier alpha value is -18.3. The molecule has 146 heavy (non-hydrogen) atoms. The van der Waals surface area contributed by atoms with Crippen molar-refractivity contribution in [3.05, 3.63) is 496 Å². The van der Waals surface area contributed by atoms with E-state index in [-0.39, 0.29) is 5.41 Å². The van der Waals surface area contributed by atoms with E-state index in [1.165, 1.54) is 248 Å². The fraction of sp³-hybridized carbons (Fsp3) is 0.0217. The fourth-order valence-electron chi connectivity index (χ4n) is 24.4. The van der Waals surface area contributed by atoms with Crippen molar-refractivity contribution in [1.82, 2.24) is 28.7 Å². The number of rotatable bonds is 8. The Kier molecular flexibility index (Phi) is 18.8. The number of fused-ring (bicyclic) bond motifs is 37. The summed E-state index contributed by atoms with van der Waals surface area (Å²) in [6.45, 7) is 4.72. The van der Waals surface area contributed by atoms with E-state index < -0.39 is 0 Å². The van der Waals surface area contributed by atoms with Crippen LogP contribution in [0.25, 0.3) is 287 Å². The lowest BCUT2D eigenvalue weighted by molar-refractivity contribution is 0.661. The van der Waals surface area contributed by atoms with Crippen LogP contribution in [0.15, 0.2) is 485 Å². The van der Waals surface area contributed by atoms with Crippen molar-refractivity contribution in [2.75, 3.05) is 0 Å². The predicted molar refractivity (Wildman–Crippen MR) is 624 cm³/mol. The molecule has 0 spiro atoms. The molecule has 0 saturated heterocycles. The highest BCUT2D eigenvalue weighted by molar-refractivity contribution is 7.26. The molecule has 0 atom stereocenters. The molecule has 0 amide bonds. The number of nitrogens with zero attached hydrogens (tertiary/aromatic N) is 6. The van der Waals surface area contributed by atoms with E-state index in [0.29, 0.717) is 17.5 Å². The van der Waals surface area contributed by atoms with Gasteiger partial charge in [0.1, 0.15) is 0 Å². The second-order valence-corrected chi connectivity index (χ2v) is 41.6. The van der Waals surface area contributed by atoms with Crippen molar-refractivity contribution in [2.24, 2.45) is 0 Å². The second kappa shape index (κ2) is 32.9. The maximum atomic E-state index is 5.12. The second-order valence-electron chi connectivity index (χ2n) is 39.4. The minimum absolute atomic E-state index is 0.141. The van der Waals surface area contributed by atoms with Gasteiger partial charge in [-0.3, -0.25) is 0 Å². The van der Waals surface area contributed by atoms with Gasteiger partial charge < -0.3 is 13.7 Å². The topological polar surface area (TPSA) is 53.5 Å². The molecule has 0 N–H and O–H groups in total. The van der Waals surface area contributed by atoms with Gasteiger partial charge in [-0.15, -0.1) is 22.7 Å². The maximum Gasteiger partial charge on any atom is 0.164 e. The molecular weight excluding hydrogens is 1810 g/mol. The molecular formula is C138H86N6S2. The Balaban J connectivity index is 0.000000103. The van der Waals surface area contributed by atoms with E-state index in [1.54, 1.807) is 0 Å². The number of thiophene rings is 2. The van der Waals surface area contributed by atoms with Gasteiger partial charge in [-0.1, -0.05) is 378 Å². The average Bonchev–Trinajstić information content (AvgIpc) is 1.62. The van der Waals surface area contributed by atoms with Crippen LogP contribution >= 0.6 is 22.7 Å². The predicted octanol–water partition coefficient (Wildman–Crippen LogP) is 38.3. The highest BCUT2D eigenvalue weighted by Crippen LogP contribution is 2.54. The Morgan fingerprint density at radius 3 is 0.959 bits per heavy atom. The van der Waals surface area contributed by atoms with Gasteiger partial charge in [0.15, 0.2) is 17.5 Å². The van der Waals surface area contributed by atoms with Gasteiger partial charge in [-0.05, 0) is 263 Å². The van der Waals surface area contributed by atoms with Crippen LogP contribution in [-0.4, -0.2) is 28.7 Å². The van der Waals surface area contributed by atoms with Crippen LogP contribution in [0.4, 0.5) is 0 Å². The zero-order chi connectivity index (χ0) is 96.1. The van der Waals surface area contributed by atoms with Crippen molar-refractivity contribution in [3.8, 4) is 84.6 Å². The third kappa shape index (κ3) is 13.0. The van der Waals surface area contributed by atoms with Gasteiger partial charge >= 0.3 is 0 Å². The van der Waals surface area contributed by atoms with Crippen molar-refractivity contribution >= 4 is 225 Å². The molecule has 0 unspecified atom stereocenters. The van der Waals surface area contributed by atoms with Crippen molar-refractivity contribution < 1.29 is 0 Å². The summed E-state index contributed by atoms with van der Waals surface area (Å²) in [5, 5.41) is 36.0. The van der Waals surface area contributed by atoms with Crippen LogP contribution in [0, 0.1) is 0 Å². The van der Waals surface area contributed by atoms with Crippen LogP contribution in [0.5, 0.6) is 0 Å². The summed E-state index contributed by atoms with van der Waals surface area (Å²) >= 11 is 3.77. The maximum absolute atomic E-state index is 5.12. The molecule has 1 aliphatic carbocycles. The first-order chi connectivity index (χ1) is 72.2. The van der Waals surface area contributed by atoms with E-state index >= 15 is 0 Å². The number of hydrogen-bond donors (Lipinski definition) is 0. The van der Waals surface area contributed by atoms with E-state index in [0.717, 1.165) is 33.3 Å². The summed E-state index contributed by atoms with van der Waals surface area (Å²) in [7, 11) is 0. The minimum atomic E-state index is -0.141. The molecule has 25 aromatic carbocycles. The summed E-state index contributed by atoms with van der Waals surface area (Å²) in [4.78, 5) is 15.2. The zero-order valence-electron chi connectivity index (χ0n) is 79.7.